The molecule has 0 unspecified atom stereocenters. The van der Waals surface area contributed by atoms with E-state index in [1.807, 2.05) is 13.0 Å². The first kappa shape index (κ1) is 13.9. The van der Waals surface area contributed by atoms with Crippen LogP contribution in [0.5, 0.6) is 0 Å². The molecule has 0 spiro atoms. The van der Waals surface area contributed by atoms with Gasteiger partial charge in [-0.05, 0) is 36.6 Å². The molecule has 104 valence electrons. The average Bonchev–Trinajstić information content (AvgIpc) is 2.44. The lowest BCUT2D eigenvalue weighted by Crippen LogP contribution is -2.31. The van der Waals surface area contributed by atoms with Crippen LogP contribution in [0.2, 0.25) is 0 Å². The maximum absolute atomic E-state index is 11.9. The molecule has 0 saturated carbocycles. The first-order chi connectivity index (χ1) is 9.17. The summed E-state index contributed by atoms with van der Waals surface area (Å²) < 4.78 is 5.16. The molecule has 1 aromatic rings. The van der Waals surface area contributed by atoms with Crippen LogP contribution in [0.15, 0.2) is 12.1 Å². The van der Waals surface area contributed by atoms with Gasteiger partial charge < -0.3 is 10.5 Å². The Kier molecular flexibility index (Phi) is 4.43. The minimum atomic E-state index is -0.305. The van der Waals surface area contributed by atoms with Crippen LogP contribution in [0.4, 0.5) is 5.69 Å². The predicted molar refractivity (Wildman–Crippen MR) is 76.1 cm³/mol. The quantitative estimate of drug-likeness (QED) is 0.667. The van der Waals surface area contributed by atoms with E-state index in [4.69, 9.17) is 10.5 Å². The molecule has 4 nitrogen and oxygen atoms in total. The Morgan fingerprint density at radius 3 is 2.89 bits per heavy atom. The fraction of sp³-hybridized carbons (Fsp3) is 0.533. The van der Waals surface area contributed by atoms with E-state index in [0.717, 1.165) is 38.0 Å². The van der Waals surface area contributed by atoms with Crippen molar-refractivity contribution in [2.45, 2.75) is 33.2 Å². The molecule has 0 bridgehead atoms. The number of nitrogens with two attached hydrogens (primary N) is 1. The Labute approximate surface area is 114 Å². The summed E-state index contributed by atoms with van der Waals surface area (Å²) >= 11 is 0. The number of carbonyl (C=O) groups is 1. The van der Waals surface area contributed by atoms with Crippen molar-refractivity contribution in [1.82, 2.24) is 4.90 Å². The molecule has 19 heavy (non-hydrogen) atoms. The van der Waals surface area contributed by atoms with Gasteiger partial charge in [-0.25, -0.2) is 4.79 Å². The molecule has 1 heterocycles. The molecule has 0 saturated heterocycles. The van der Waals surface area contributed by atoms with E-state index in [0.29, 0.717) is 17.9 Å². The van der Waals surface area contributed by atoms with Crippen molar-refractivity contribution in [2.24, 2.45) is 0 Å². The summed E-state index contributed by atoms with van der Waals surface area (Å²) in [6.45, 7) is 7.54. The summed E-state index contributed by atoms with van der Waals surface area (Å²) in [5, 5.41) is 0. The van der Waals surface area contributed by atoms with Gasteiger partial charge in [0, 0.05) is 18.8 Å². The van der Waals surface area contributed by atoms with E-state index in [-0.39, 0.29) is 5.97 Å². The number of esters is 1. The normalized spacial score (nSPS) is 15.1. The minimum absolute atomic E-state index is 0.305. The van der Waals surface area contributed by atoms with Crippen LogP contribution >= 0.6 is 0 Å². The summed E-state index contributed by atoms with van der Waals surface area (Å²) in [4.78, 5) is 14.3. The van der Waals surface area contributed by atoms with E-state index in [1.54, 1.807) is 6.07 Å². The van der Waals surface area contributed by atoms with Gasteiger partial charge in [0.05, 0.1) is 12.2 Å². The zero-order valence-corrected chi connectivity index (χ0v) is 11.7. The number of benzene rings is 1. The van der Waals surface area contributed by atoms with Crippen LogP contribution in [-0.4, -0.2) is 30.6 Å². The Hall–Kier alpha value is -1.55. The van der Waals surface area contributed by atoms with Crippen molar-refractivity contribution in [3.8, 4) is 0 Å². The second-order valence-electron chi connectivity index (χ2n) is 4.92. The smallest absolute Gasteiger partial charge is 0.340 e. The van der Waals surface area contributed by atoms with Crippen LogP contribution < -0.4 is 5.73 Å². The zero-order valence-electron chi connectivity index (χ0n) is 11.7. The number of carbonyl (C=O) groups excluding carboxylic acids is 1. The molecule has 0 amide bonds. The standard InChI is InChI=1S/C15H22N2O2/c1-3-9-19-15(18)13-6-5-11-10-17(4-2)8-7-12(11)14(13)16/h5-6H,3-4,7-10,16H2,1-2H3. The number of likely N-dealkylation sites (N-methyl/N-ethyl adjacent to an activating group) is 1. The van der Waals surface area contributed by atoms with E-state index in [9.17, 15) is 4.79 Å². The Bertz CT molecular complexity index is 471. The van der Waals surface area contributed by atoms with Gasteiger partial charge in [-0.3, -0.25) is 4.90 Å². The molecule has 0 fully saturated rings. The SMILES string of the molecule is CCCOC(=O)c1ccc2c(c1N)CCN(CC)C2. The van der Waals surface area contributed by atoms with Crippen molar-refractivity contribution < 1.29 is 9.53 Å². The second-order valence-corrected chi connectivity index (χ2v) is 4.92. The number of hydrogen-bond acceptors (Lipinski definition) is 4. The number of nitrogen functional groups attached to an aromatic ring is 1. The van der Waals surface area contributed by atoms with Gasteiger partial charge in [-0.2, -0.15) is 0 Å². The summed E-state index contributed by atoms with van der Waals surface area (Å²) in [6, 6.07) is 3.81. The van der Waals surface area contributed by atoms with Crippen molar-refractivity contribution in [2.75, 3.05) is 25.4 Å². The first-order valence-electron chi connectivity index (χ1n) is 6.97. The molecule has 0 radical (unpaired) electrons. The molecule has 2 N–H and O–H groups in total. The van der Waals surface area contributed by atoms with Crippen LogP contribution in [-0.2, 0) is 17.7 Å². The highest BCUT2D eigenvalue weighted by molar-refractivity contribution is 5.96. The molecule has 1 aliphatic rings. The van der Waals surface area contributed by atoms with Crippen molar-refractivity contribution >= 4 is 11.7 Å². The monoisotopic (exact) mass is 262 g/mol. The van der Waals surface area contributed by atoms with Gasteiger partial charge in [0.25, 0.3) is 0 Å². The Balaban J connectivity index is 2.23. The van der Waals surface area contributed by atoms with Crippen LogP contribution in [0.3, 0.4) is 0 Å². The average molecular weight is 262 g/mol. The molecular weight excluding hydrogens is 240 g/mol. The molecule has 4 heteroatoms. The summed E-state index contributed by atoms with van der Waals surface area (Å²) in [5.41, 5.74) is 9.62. The summed E-state index contributed by atoms with van der Waals surface area (Å²) in [7, 11) is 0. The number of nitrogens with zero attached hydrogens (tertiary/aromatic N) is 1. The fourth-order valence-electron chi connectivity index (χ4n) is 2.46. The second kappa shape index (κ2) is 6.06. The molecule has 2 rings (SSSR count). The third kappa shape index (κ3) is 2.89. The number of anilines is 1. The van der Waals surface area contributed by atoms with Gasteiger partial charge >= 0.3 is 5.97 Å². The van der Waals surface area contributed by atoms with Crippen LogP contribution in [0.1, 0.15) is 41.8 Å². The molecular formula is C15H22N2O2. The third-order valence-corrected chi connectivity index (χ3v) is 3.63. The van der Waals surface area contributed by atoms with Gasteiger partial charge in [0.2, 0.25) is 0 Å². The molecule has 0 atom stereocenters. The lowest BCUT2D eigenvalue weighted by Gasteiger charge is -2.28. The van der Waals surface area contributed by atoms with E-state index < -0.39 is 0 Å². The van der Waals surface area contributed by atoms with Crippen molar-refractivity contribution in [3.05, 3.63) is 28.8 Å². The fourth-order valence-corrected chi connectivity index (χ4v) is 2.46. The largest absolute Gasteiger partial charge is 0.462 e. The molecule has 0 aromatic heterocycles. The first-order valence-corrected chi connectivity index (χ1v) is 6.97. The lowest BCUT2D eigenvalue weighted by atomic mass is 9.95. The Morgan fingerprint density at radius 2 is 2.21 bits per heavy atom. The van der Waals surface area contributed by atoms with E-state index >= 15 is 0 Å². The van der Waals surface area contributed by atoms with Gasteiger partial charge in [-0.15, -0.1) is 0 Å². The highest BCUT2D eigenvalue weighted by atomic mass is 16.5. The van der Waals surface area contributed by atoms with Gasteiger partial charge in [0.15, 0.2) is 0 Å². The molecule has 1 aromatic carbocycles. The Morgan fingerprint density at radius 1 is 1.42 bits per heavy atom. The van der Waals surface area contributed by atoms with Crippen LogP contribution in [0, 0.1) is 0 Å². The van der Waals surface area contributed by atoms with Crippen molar-refractivity contribution in [1.29, 1.82) is 0 Å². The predicted octanol–water partition coefficient (Wildman–Crippen LogP) is 2.21. The lowest BCUT2D eigenvalue weighted by molar-refractivity contribution is 0.0506. The number of fused-ring (bicyclic) bond motifs is 1. The zero-order chi connectivity index (χ0) is 13.8. The minimum Gasteiger partial charge on any atom is -0.462 e. The maximum atomic E-state index is 11.9. The van der Waals surface area contributed by atoms with E-state index in [2.05, 4.69) is 11.8 Å². The number of hydrogen-bond donors (Lipinski definition) is 1. The summed E-state index contributed by atoms with van der Waals surface area (Å²) in [5.74, 6) is -0.305. The summed E-state index contributed by atoms with van der Waals surface area (Å²) in [6.07, 6.45) is 1.73. The highest BCUT2D eigenvalue weighted by Gasteiger charge is 2.21. The number of ether oxygens (including phenoxy) is 1. The third-order valence-electron chi connectivity index (χ3n) is 3.63. The highest BCUT2D eigenvalue weighted by Crippen LogP contribution is 2.27. The van der Waals surface area contributed by atoms with Crippen molar-refractivity contribution in [3.63, 3.8) is 0 Å². The number of rotatable bonds is 4. The topological polar surface area (TPSA) is 55.6 Å². The van der Waals surface area contributed by atoms with Crippen LogP contribution in [0.25, 0.3) is 0 Å². The molecule has 1 aliphatic heterocycles. The molecule has 0 aliphatic carbocycles. The van der Waals surface area contributed by atoms with E-state index in [1.165, 1.54) is 5.56 Å². The maximum Gasteiger partial charge on any atom is 0.340 e. The van der Waals surface area contributed by atoms with Gasteiger partial charge in [-0.1, -0.05) is 19.9 Å². The van der Waals surface area contributed by atoms with Gasteiger partial charge in [0.1, 0.15) is 0 Å².